The summed E-state index contributed by atoms with van der Waals surface area (Å²) in [5.74, 6) is -0.174. The summed E-state index contributed by atoms with van der Waals surface area (Å²) in [6.07, 6.45) is 1.83. The highest BCUT2D eigenvalue weighted by atomic mass is 35.5. The van der Waals surface area contributed by atoms with Crippen LogP contribution in [0.4, 0.5) is 0 Å². The second-order valence-corrected chi connectivity index (χ2v) is 3.47. The van der Waals surface area contributed by atoms with E-state index in [1.165, 1.54) is 0 Å². The standard InChI is InChI=1S/C8H12ClN3O/c1-6(9)8(13)10-5-7-3-4-12(2)11-7/h3-4,6H,5H2,1-2H3,(H,10,13). The number of halogens is 1. The van der Waals surface area contributed by atoms with Gasteiger partial charge in [-0.05, 0) is 13.0 Å². The van der Waals surface area contributed by atoms with Gasteiger partial charge in [-0.15, -0.1) is 11.6 Å². The molecule has 0 bridgehead atoms. The number of hydrogen-bond acceptors (Lipinski definition) is 2. The van der Waals surface area contributed by atoms with E-state index in [1.807, 2.05) is 19.3 Å². The van der Waals surface area contributed by atoms with Gasteiger partial charge in [0.2, 0.25) is 5.91 Å². The van der Waals surface area contributed by atoms with Gasteiger partial charge in [-0.3, -0.25) is 9.48 Å². The van der Waals surface area contributed by atoms with Crippen molar-refractivity contribution in [3.05, 3.63) is 18.0 Å². The van der Waals surface area contributed by atoms with Gasteiger partial charge in [-0.1, -0.05) is 0 Å². The van der Waals surface area contributed by atoms with Gasteiger partial charge in [0.15, 0.2) is 0 Å². The highest BCUT2D eigenvalue weighted by Gasteiger charge is 2.08. The Hall–Kier alpha value is -1.03. The molecule has 13 heavy (non-hydrogen) atoms. The molecule has 0 fully saturated rings. The topological polar surface area (TPSA) is 46.9 Å². The molecule has 0 radical (unpaired) electrons. The number of nitrogens with one attached hydrogen (secondary N) is 1. The number of rotatable bonds is 3. The van der Waals surface area contributed by atoms with Crippen molar-refractivity contribution in [2.75, 3.05) is 0 Å². The maximum Gasteiger partial charge on any atom is 0.238 e. The van der Waals surface area contributed by atoms with Crippen LogP contribution in [0.5, 0.6) is 0 Å². The molecule has 1 unspecified atom stereocenters. The van der Waals surface area contributed by atoms with Crippen molar-refractivity contribution in [1.82, 2.24) is 15.1 Å². The number of hydrogen-bond donors (Lipinski definition) is 1. The van der Waals surface area contributed by atoms with Crippen LogP contribution in [-0.2, 0) is 18.4 Å². The van der Waals surface area contributed by atoms with E-state index < -0.39 is 5.38 Å². The first kappa shape index (κ1) is 10.1. The number of amides is 1. The molecule has 1 aromatic heterocycles. The molecule has 0 aliphatic heterocycles. The largest absolute Gasteiger partial charge is 0.349 e. The quantitative estimate of drug-likeness (QED) is 0.731. The Morgan fingerprint density at radius 3 is 3.00 bits per heavy atom. The lowest BCUT2D eigenvalue weighted by molar-refractivity contribution is -0.120. The van der Waals surface area contributed by atoms with Crippen molar-refractivity contribution < 1.29 is 4.79 Å². The van der Waals surface area contributed by atoms with E-state index in [4.69, 9.17) is 11.6 Å². The molecule has 1 atom stereocenters. The summed E-state index contributed by atoms with van der Waals surface area (Å²) < 4.78 is 1.69. The predicted octanol–water partition coefficient (Wildman–Crippen LogP) is 0.664. The molecule has 0 aromatic carbocycles. The summed E-state index contributed by atoms with van der Waals surface area (Å²) in [4.78, 5) is 11.0. The van der Waals surface area contributed by atoms with E-state index in [1.54, 1.807) is 11.6 Å². The lowest BCUT2D eigenvalue weighted by Gasteiger charge is -2.03. The monoisotopic (exact) mass is 201 g/mol. The maximum atomic E-state index is 11.0. The van der Waals surface area contributed by atoms with E-state index >= 15 is 0 Å². The van der Waals surface area contributed by atoms with Gasteiger partial charge >= 0.3 is 0 Å². The minimum absolute atomic E-state index is 0.174. The molecule has 72 valence electrons. The molecule has 5 heteroatoms. The molecule has 1 rings (SSSR count). The van der Waals surface area contributed by atoms with E-state index in [2.05, 4.69) is 10.4 Å². The third kappa shape index (κ3) is 3.06. The number of nitrogens with zero attached hydrogens (tertiary/aromatic N) is 2. The van der Waals surface area contributed by atoms with Crippen molar-refractivity contribution in [3.8, 4) is 0 Å². The summed E-state index contributed by atoms with van der Waals surface area (Å²) in [5.41, 5.74) is 0.827. The van der Waals surface area contributed by atoms with Crippen LogP contribution in [0.25, 0.3) is 0 Å². The van der Waals surface area contributed by atoms with Crippen molar-refractivity contribution in [2.45, 2.75) is 18.8 Å². The minimum Gasteiger partial charge on any atom is -0.349 e. The fraction of sp³-hybridized carbons (Fsp3) is 0.500. The summed E-state index contributed by atoms with van der Waals surface area (Å²) in [6.45, 7) is 2.06. The lowest BCUT2D eigenvalue weighted by Crippen LogP contribution is -2.29. The smallest absolute Gasteiger partial charge is 0.238 e. The Labute approximate surface area is 81.9 Å². The van der Waals surface area contributed by atoms with Gasteiger partial charge in [0, 0.05) is 13.2 Å². The zero-order valence-electron chi connectivity index (χ0n) is 7.62. The summed E-state index contributed by atoms with van der Waals surface area (Å²) in [7, 11) is 1.83. The Morgan fingerprint density at radius 1 is 1.85 bits per heavy atom. The van der Waals surface area contributed by atoms with Crippen LogP contribution in [0.15, 0.2) is 12.3 Å². The van der Waals surface area contributed by atoms with Crippen LogP contribution in [-0.4, -0.2) is 21.1 Å². The van der Waals surface area contributed by atoms with Gasteiger partial charge in [0.25, 0.3) is 0 Å². The zero-order chi connectivity index (χ0) is 9.84. The van der Waals surface area contributed by atoms with Crippen molar-refractivity contribution in [3.63, 3.8) is 0 Å². The average molecular weight is 202 g/mol. The normalized spacial score (nSPS) is 12.5. The predicted molar refractivity (Wildman–Crippen MR) is 50.4 cm³/mol. The van der Waals surface area contributed by atoms with Crippen molar-refractivity contribution >= 4 is 17.5 Å². The molecule has 4 nitrogen and oxygen atoms in total. The molecule has 1 amide bonds. The minimum atomic E-state index is -0.497. The Balaban J connectivity index is 2.39. The lowest BCUT2D eigenvalue weighted by atomic mass is 10.4. The summed E-state index contributed by atoms with van der Waals surface area (Å²) >= 11 is 5.56. The number of alkyl halides is 1. The van der Waals surface area contributed by atoms with Gasteiger partial charge in [0.1, 0.15) is 5.38 Å². The Bertz CT molecular complexity index is 295. The van der Waals surface area contributed by atoms with Crippen molar-refractivity contribution in [2.24, 2.45) is 7.05 Å². The van der Waals surface area contributed by atoms with Crippen LogP contribution >= 0.6 is 11.6 Å². The SMILES string of the molecule is CC(Cl)C(=O)NCc1ccn(C)n1. The first-order valence-electron chi connectivity index (χ1n) is 4.00. The van der Waals surface area contributed by atoms with Crippen LogP contribution in [0.3, 0.4) is 0 Å². The molecule has 0 aliphatic rings. The number of aromatic nitrogens is 2. The number of carbonyl (C=O) groups is 1. The fourth-order valence-corrected chi connectivity index (χ4v) is 0.953. The van der Waals surface area contributed by atoms with Gasteiger partial charge in [-0.25, -0.2) is 0 Å². The summed E-state index contributed by atoms with van der Waals surface area (Å²) in [5, 5.41) is 6.27. The van der Waals surface area contributed by atoms with E-state index in [-0.39, 0.29) is 5.91 Å². The van der Waals surface area contributed by atoms with E-state index in [0.29, 0.717) is 6.54 Å². The van der Waals surface area contributed by atoms with Gasteiger partial charge in [0.05, 0.1) is 12.2 Å². The van der Waals surface area contributed by atoms with Crippen LogP contribution < -0.4 is 5.32 Å². The fourth-order valence-electron chi connectivity index (χ4n) is 0.876. The molecule has 1 N–H and O–H groups in total. The Kier molecular flexibility index (Phi) is 3.31. The highest BCUT2D eigenvalue weighted by molar-refractivity contribution is 6.30. The molecular weight excluding hydrogens is 190 g/mol. The highest BCUT2D eigenvalue weighted by Crippen LogP contribution is 1.96. The van der Waals surface area contributed by atoms with E-state index in [0.717, 1.165) is 5.69 Å². The second-order valence-electron chi connectivity index (χ2n) is 2.81. The number of aryl methyl sites for hydroxylation is 1. The Morgan fingerprint density at radius 2 is 2.54 bits per heavy atom. The first-order valence-corrected chi connectivity index (χ1v) is 4.43. The third-order valence-electron chi connectivity index (χ3n) is 1.57. The zero-order valence-corrected chi connectivity index (χ0v) is 8.38. The third-order valence-corrected chi connectivity index (χ3v) is 1.77. The average Bonchev–Trinajstić information content (AvgIpc) is 2.47. The molecule has 1 heterocycles. The van der Waals surface area contributed by atoms with Gasteiger partial charge < -0.3 is 5.32 Å². The maximum absolute atomic E-state index is 11.0. The van der Waals surface area contributed by atoms with E-state index in [9.17, 15) is 4.79 Å². The molecule has 0 saturated heterocycles. The molecule has 0 spiro atoms. The van der Waals surface area contributed by atoms with Gasteiger partial charge in [-0.2, -0.15) is 5.10 Å². The van der Waals surface area contributed by atoms with Crippen LogP contribution in [0.1, 0.15) is 12.6 Å². The molecule has 0 aliphatic carbocycles. The molecule has 1 aromatic rings. The molecule has 0 saturated carbocycles. The first-order chi connectivity index (χ1) is 6.09. The van der Waals surface area contributed by atoms with Crippen LogP contribution in [0.2, 0.25) is 0 Å². The molecular formula is C8H12ClN3O. The summed E-state index contributed by atoms with van der Waals surface area (Å²) in [6, 6.07) is 1.85. The van der Waals surface area contributed by atoms with Crippen LogP contribution in [0, 0.1) is 0 Å². The van der Waals surface area contributed by atoms with Crippen molar-refractivity contribution in [1.29, 1.82) is 0 Å². The number of carbonyl (C=O) groups excluding carboxylic acids is 1. The second kappa shape index (κ2) is 4.28.